The number of carbonyl (C=O) groups is 1. The molecule has 1 rings (SSSR count). The van der Waals surface area contributed by atoms with Crippen LogP contribution in [0.15, 0.2) is 18.3 Å². The molecule has 0 spiro atoms. The molecule has 0 saturated heterocycles. The minimum Gasteiger partial charge on any atom is -0.397 e. The van der Waals surface area contributed by atoms with Gasteiger partial charge in [0.15, 0.2) is 0 Å². The van der Waals surface area contributed by atoms with Crippen LogP contribution in [0.2, 0.25) is 0 Å². The van der Waals surface area contributed by atoms with Gasteiger partial charge in [0.2, 0.25) is 0 Å². The quantitative estimate of drug-likeness (QED) is 0.710. The molecular weight excluding hydrogens is 268 g/mol. The number of rotatable bonds is 7. The van der Waals surface area contributed by atoms with Crippen molar-refractivity contribution in [3.63, 3.8) is 0 Å². The highest BCUT2D eigenvalue weighted by atomic mass is 35.5. The number of aromatic nitrogens is 1. The number of halogens is 1. The van der Waals surface area contributed by atoms with E-state index >= 15 is 0 Å². The maximum absolute atomic E-state index is 11.6. The van der Waals surface area contributed by atoms with E-state index in [9.17, 15) is 4.79 Å². The number of pyridine rings is 1. The van der Waals surface area contributed by atoms with Crippen molar-refractivity contribution in [1.82, 2.24) is 15.2 Å². The Morgan fingerprint density at radius 2 is 2.16 bits per heavy atom. The first-order chi connectivity index (χ1) is 8.59. The van der Waals surface area contributed by atoms with Crippen LogP contribution < -0.4 is 11.1 Å². The zero-order valence-electron chi connectivity index (χ0n) is 11.3. The van der Waals surface area contributed by atoms with Gasteiger partial charge < -0.3 is 20.7 Å². The van der Waals surface area contributed by atoms with E-state index in [4.69, 9.17) is 10.5 Å². The Labute approximate surface area is 119 Å². The van der Waals surface area contributed by atoms with Gasteiger partial charge in [-0.2, -0.15) is 0 Å². The molecule has 7 heteroatoms. The molecule has 6 nitrogen and oxygen atoms in total. The van der Waals surface area contributed by atoms with E-state index in [1.165, 1.54) is 6.20 Å². The lowest BCUT2D eigenvalue weighted by molar-refractivity contribution is 0.0896. The molecule has 1 aromatic rings. The highest BCUT2D eigenvalue weighted by Gasteiger charge is 2.05. The third-order valence-corrected chi connectivity index (χ3v) is 2.23. The first kappa shape index (κ1) is 17.6. The van der Waals surface area contributed by atoms with Gasteiger partial charge in [0.25, 0.3) is 5.91 Å². The van der Waals surface area contributed by atoms with Crippen molar-refractivity contribution in [3.05, 3.63) is 24.0 Å². The molecule has 1 aromatic heterocycles. The summed E-state index contributed by atoms with van der Waals surface area (Å²) in [4.78, 5) is 17.6. The number of carbonyl (C=O) groups excluding carboxylic acids is 1. The monoisotopic (exact) mass is 288 g/mol. The molecule has 0 aliphatic heterocycles. The topological polar surface area (TPSA) is 80.5 Å². The summed E-state index contributed by atoms with van der Waals surface area (Å²) in [7, 11) is 3.97. The summed E-state index contributed by atoms with van der Waals surface area (Å²) in [5.41, 5.74) is 6.39. The molecule has 0 aliphatic rings. The van der Waals surface area contributed by atoms with Gasteiger partial charge in [-0.1, -0.05) is 0 Å². The summed E-state index contributed by atoms with van der Waals surface area (Å²) in [5.74, 6) is -0.216. The van der Waals surface area contributed by atoms with Crippen molar-refractivity contribution >= 4 is 24.0 Å². The predicted octanol–water partition coefficient (Wildman–Crippen LogP) is 0.394. The third-order valence-electron chi connectivity index (χ3n) is 2.23. The minimum atomic E-state index is -0.216. The van der Waals surface area contributed by atoms with Crippen LogP contribution in [0.4, 0.5) is 5.69 Å². The van der Waals surface area contributed by atoms with E-state index in [1.807, 2.05) is 19.0 Å². The Hall–Kier alpha value is -1.37. The highest BCUT2D eigenvalue weighted by molar-refractivity contribution is 5.92. The summed E-state index contributed by atoms with van der Waals surface area (Å²) in [6.07, 6.45) is 1.46. The van der Waals surface area contributed by atoms with Crippen molar-refractivity contribution in [2.45, 2.75) is 0 Å². The van der Waals surface area contributed by atoms with Crippen LogP contribution in [0, 0.1) is 0 Å². The summed E-state index contributed by atoms with van der Waals surface area (Å²) < 4.78 is 5.35. The van der Waals surface area contributed by atoms with Gasteiger partial charge in [-0.25, -0.2) is 4.98 Å². The number of amides is 1. The number of nitrogen functional groups attached to an aromatic ring is 1. The van der Waals surface area contributed by atoms with Gasteiger partial charge in [-0.15, -0.1) is 12.4 Å². The Balaban J connectivity index is 0.00000324. The zero-order valence-corrected chi connectivity index (χ0v) is 12.1. The molecule has 0 bridgehead atoms. The van der Waals surface area contributed by atoms with Gasteiger partial charge in [0.1, 0.15) is 5.69 Å². The van der Waals surface area contributed by atoms with E-state index in [0.29, 0.717) is 31.1 Å². The lowest BCUT2D eigenvalue weighted by atomic mass is 10.3. The molecule has 0 unspecified atom stereocenters. The molecule has 0 saturated carbocycles. The van der Waals surface area contributed by atoms with Crippen molar-refractivity contribution in [1.29, 1.82) is 0 Å². The Bertz CT molecular complexity index is 370. The predicted molar refractivity (Wildman–Crippen MR) is 77.6 cm³/mol. The van der Waals surface area contributed by atoms with Crippen LogP contribution in [-0.4, -0.2) is 56.2 Å². The van der Waals surface area contributed by atoms with Gasteiger partial charge >= 0.3 is 0 Å². The van der Waals surface area contributed by atoms with Crippen LogP contribution in [0.3, 0.4) is 0 Å². The molecular formula is C12H21ClN4O2. The fourth-order valence-corrected chi connectivity index (χ4v) is 1.22. The number of hydrogen-bond acceptors (Lipinski definition) is 5. The van der Waals surface area contributed by atoms with Gasteiger partial charge in [-0.05, 0) is 26.2 Å². The number of ether oxygens (including phenoxy) is 1. The summed E-state index contributed by atoms with van der Waals surface area (Å²) in [6, 6.07) is 3.24. The molecule has 0 radical (unpaired) electrons. The Kier molecular flexibility index (Phi) is 8.86. The average molecular weight is 289 g/mol. The summed E-state index contributed by atoms with van der Waals surface area (Å²) in [5, 5.41) is 2.73. The van der Waals surface area contributed by atoms with Crippen molar-refractivity contribution < 1.29 is 9.53 Å². The molecule has 1 amide bonds. The molecule has 108 valence electrons. The fraction of sp³-hybridized carbons (Fsp3) is 0.500. The van der Waals surface area contributed by atoms with Crippen molar-refractivity contribution in [2.75, 3.05) is 46.1 Å². The molecule has 1 heterocycles. The second-order valence-electron chi connectivity index (χ2n) is 4.15. The number of nitrogens with two attached hydrogens (primary N) is 1. The normalized spacial score (nSPS) is 10.1. The van der Waals surface area contributed by atoms with Crippen molar-refractivity contribution in [3.8, 4) is 0 Å². The lowest BCUT2D eigenvalue weighted by Gasteiger charge is -2.10. The third kappa shape index (κ3) is 7.61. The van der Waals surface area contributed by atoms with E-state index in [0.717, 1.165) is 6.54 Å². The Morgan fingerprint density at radius 1 is 1.42 bits per heavy atom. The van der Waals surface area contributed by atoms with E-state index in [2.05, 4.69) is 10.3 Å². The van der Waals surface area contributed by atoms with Crippen LogP contribution in [0.5, 0.6) is 0 Å². The number of nitrogens with zero attached hydrogens (tertiary/aromatic N) is 2. The second kappa shape index (κ2) is 9.55. The highest BCUT2D eigenvalue weighted by Crippen LogP contribution is 2.00. The van der Waals surface area contributed by atoms with Crippen LogP contribution in [0.1, 0.15) is 10.5 Å². The van der Waals surface area contributed by atoms with Gasteiger partial charge in [0.05, 0.1) is 25.1 Å². The second-order valence-corrected chi connectivity index (χ2v) is 4.15. The van der Waals surface area contributed by atoms with Crippen LogP contribution in [0.25, 0.3) is 0 Å². The number of likely N-dealkylation sites (N-methyl/N-ethyl adjacent to an activating group) is 1. The molecule has 0 aromatic carbocycles. The van der Waals surface area contributed by atoms with Gasteiger partial charge in [0, 0.05) is 13.1 Å². The SMILES string of the molecule is CN(C)CCOCCNC(=O)c1ccc(N)cn1.Cl. The van der Waals surface area contributed by atoms with Gasteiger partial charge in [-0.3, -0.25) is 4.79 Å². The van der Waals surface area contributed by atoms with Crippen molar-refractivity contribution in [2.24, 2.45) is 0 Å². The average Bonchev–Trinajstić information content (AvgIpc) is 2.34. The molecule has 0 fully saturated rings. The van der Waals surface area contributed by atoms with Crippen LogP contribution in [-0.2, 0) is 4.74 Å². The molecule has 3 N–H and O–H groups in total. The first-order valence-corrected chi connectivity index (χ1v) is 5.82. The smallest absolute Gasteiger partial charge is 0.269 e. The number of nitrogens with one attached hydrogen (secondary N) is 1. The lowest BCUT2D eigenvalue weighted by Crippen LogP contribution is -2.29. The maximum Gasteiger partial charge on any atom is 0.269 e. The minimum absolute atomic E-state index is 0. The standard InChI is InChI=1S/C12H20N4O2.ClH/c1-16(2)6-8-18-7-5-14-12(17)11-4-3-10(13)9-15-11;/h3-4,9H,5-8,13H2,1-2H3,(H,14,17);1H. The fourth-order valence-electron chi connectivity index (χ4n) is 1.22. The zero-order chi connectivity index (χ0) is 13.4. The summed E-state index contributed by atoms with van der Waals surface area (Å²) >= 11 is 0. The molecule has 0 atom stereocenters. The van der Waals surface area contributed by atoms with E-state index in [1.54, 1.807) is 12.1 Å². The number of anilines is 1. The molecule has 0 aliphatic carbocycles. The molecule has 19 heavy (non-hydrogen) atoms. The van der Waals surface area contributed by atoms with E-state index in [-0.39, 0.29) is 18.3 Å². The Morgan fingerprint density at radius 3 is 2.74 bits per heavy atom. The summed E-state index contributed by atoms with van der Waals surface area (Å²) in [6.45, 7) is 2.49. The maximum atomic E-state index is 11.6. The number of hydrogen-bond donors (Lipinski definition) is 2. The largest absolute Gasteiger partial charge is 0.397 e. The van der Waals surface area contributed by atoms with Crippen LogP contribution >= 0.6 is 12.4 Å². The first-order valence-electron chi connectivity index (χ1n) is 5.82. The van der Waals surface area contributed by atoms with E-state index < -0.39 is 0 Å².